The molecule has 0 aromatic rings. The first kappa shape index (κ1) is 14.8. The number of carbonyl (C=O) groups excluding carboxylic acids is 1. The predicted octanol–water partition coefficient (Wildman–Crippen LogP) is 2.02. The number of hydrogen-bond donors (Lipinski definition) is 2. The molecule has 0 aromatic carbocycles. The highest BCUT2D eigenvalue weighted by Crippen LogP contribution is 2.24. The predicted molar refractivity (Wildman–Crippen MR) is 75.4 cm³/mol. The van der Waals surface area contributed by atoms with Gasteiger partial charge in [-0.1, -0.05) is 20.3 Å². The summed E-state index contributed by atoms with van der Waals surface area (Å²) in [5.41, 5.74) is 0. The lowest BCUT2D eigenvalue weighted by atomic mass is 10.1. The highest BCUT2D eigenvalue weighted by Gasteiger charge is 2.14. The van der Waals surface area contributed by atoms with Gasteiger partial charge in [0.1, 0.15) is 0 Å². The average Bonchev–Trinajstić information content (AvgIpc) is 2.30. The first-order chi connectivity index (χ1) is 8.09. The summed E-state index contributed by atoms with van der Waals surface area (Å²) in [6, 6.07) is 0.258. The van der Waals surface area contributed by atoms with E-state index in [0.29, 0.717) is 17.7 Å². The van der Waals surface area contributed by atoms with Gasteiger partial charge in [-0.15, -0.1) is 0 Å². The van der Waals surface area contributed by atoms with Crippen LogP contribution in [0.1, 0.15) is 40.0 Å². The van der Waals surface area contributed by atoms with E-state index in [1.54, 1.807) is 0 Å². The van der Waals surface area contributed by atoms with Crippen LogP contribution in [0, 0.1) is 5.92 Å². The first-order valence-corrected chi connectivity index (χ1v) is 7.76. The summed E-state index contributed by atoms with van der Waals surface area (Å²) in [5.74, 6) is 1.89. The fourth-order valence-corrected chi connectivity index (χ4v) is 3.06. The Morgan fingerprint density at radius 1 is 1.35 bits per heavy atom. The van der Waals surface area contributed by atoms with E-state index in [2.05, 4.69) is 31.4 Å². The maximum absolute atomic E-state index is 11.6. The molecule has 0 radical (unpaired) electrons. The molecule has 2 unspecified atom stereocenters. The molecule has 0 saturated carbocycles. The van der Waals surface area contributed by atoms with Gasteiger partial charge < -0.3 is 10.6 Å². The van der Waals surface area contributed by atoms with Crippen LogP contribution < -0.4 is 10.6 Å². The molecule has 2 N–H and O–H groups in total. The fraction of sp³-hybridized carbons (Fsp3) is 0.923. The SMILES string of the molecule is CC(C)C(C)NC(=O)CNCC1CCCCS1. The molecule has 1 amide bonds. The van der Waals surface area contributed by atoms with Crippen molar-refractivity contribution in [1.29, 1.82) is 0 Å². The first-order valence-electron chi connectivity index (χ1n) is 6.71. The summed E-state index contributed by atoms with van der Waals surface area (Å²) in [5, 5.41) is 6.98. The molecule has 3 nitrogen and oxygen atoms in total. The van der Waals surface area contributed by atoms with Crippen LogP contribution in [-0.4, -0.2) is 36.0 Å². The van der Waals surface area contributed by atoms with Gasteiger partial charge in [-0.3, -0.25) is 4.79 Å². The van der Waals surface area contributed by atoms with Crippen LogP contribution in [0.2, 0.25) is 0 Å². The summed E-state index contributed by atoms with van der Waals surface area (Å²) in [6.45, 7) is 7.72. The van der Waals surface area contributed by atoms with Crippen molar-refractivity contribution in [3.05, 3.63) is 0 Å². The van der Waals surface area contributed by atoms with E-state index in [-0.39, 0.29) is 11.9 Å². The highest BCUT2D eigenvalue weighted by atomic mass is 32.2. The summed E-state index contributed by atoms with van der Waals surface area (Å²) in [4.78, 5) is 11.6. The van der Waals surface area contributed by atoms with E-state index in [0.717, 1.165) is 6.54 Å². The second-order valence-electron chi connectivity index (χ2n) is 5.22. The number of thioether (sulfide) groups is 1. The smallest absolute Gasteiger partial charge is 0.234 e. The number of carbonyl (C=O) groups is 1. The van der Waals surface area contributed by atoms with Crippen molar-refractivity contribution < 1.29 is 4.79 Å². The molecular formula is C13H26N2OS. The molecule has 2 atom stereocenters. The molecule has 100 valence electrons. The molecule has 1 aliphatic heterocycles. The van der Waals surface area contributed by atoms with Crippen LogP contribution in [-0.2, 0) is 4.79 Å². The van der Waals surface area contributed by atoms with Gasteiger partial charge in [-0.25, -0.2) is 0 Å². The van der Waals surface area contributed by atoms with Crippen LogP contribution in [0.4, 0.5) is 0 Å². The van der Waals surface area contributed by atoms with Crippen LogP contribution in [0.5, 0.6) is 0 Å². The topological polar surface area (TPSA) is 41.1 Å². The monoisotopic (exact) mass is 258 g/mol. The Morgan fingerprint density at radius 2 is 2.12 bits per heavy atom. The summed E-state index contributed by atoms with van der Waals surface area (Å²) >= 11 is 2.04. The van der Waals surface area contributed by atoms with Crippen molar-refractivity contribution in [3.8, 4) is 0 Å². The zero-order valence-corrected chi connectivity index (χ0v) is 12.1. The molecule has 0 aromatic heterocycles. The highest BCUT2D eigenvalue weighted by molar-refractivity contribution is 7.99. The minimum Gasteiger partial charge on any atom is -0.352 e. The number of hydrogen-bond acceptors (Lipinski definition) is 3. The van der Waals surface area contributed by atoms with Gasteiger partial charge in [0.2, 0.25) is 5.91 Å². The molecule has 1 fully saturated rings. The standard InChI is InChI=1S/C13H26N2OS/c1-10(2)11(3)15-13(16)9-14-8-12-6-4-5-7-17-12/h10-12,14H,4-9H2,1-3H3,(H,15,16). The van der Waals surface area contributed by atoms with Gasteiger partial charge in [0.25, 0.3) is 0 Å². The van der Waals surface area contributed by atoms with Crippen molar-refractivity contribution in [2.24, 2.45) is 5.92 Å². The van der Waals surface area contributed by atoms with E-state index in [4.69, 9.17) is 0 Å². The maximum Gasteiger partial charge on any atom is 0.234 e. The Bertz CT molecular complexity index is 227. The van der Waals surface area contributed by atoms with E-state index in [9.17, 15) is 4.79 Å². The van der Waals surface area contributed by atoms with E-state index in [1.165, 1.54) is 25.0 Å². The van der Waals surface area contributed by atoms with Crippen LogP contribution in [0.3, 0.4) is 0 Å². The Morgan fingerprint density at radius 3 is 2.71 bits per heavy atom. The third kappa shape index (κ3) is 6.32. The van der Waals surface area contributed by atoms with E-state index in [1.807, 2.05) is 11.8 Å². The summed E-state index contributed by atoms with van der Waals surface area (Å²) in [7, 11) is 0. The van der Waals surface area contributed by atoms with Gasteiger partial charge in [0.15, 0.2) is 0 Å². The summed E-state index contributed by atoms with van der Waals surface area (Å²) in [6.07, 6.45) is 3.99. The Labute approximate surface area is 109 Å². The quantitative estimate of drug-likeness (QED) is 0.766. The lowest BCUT2D eigenvalue weighted by Gasteiger charge is -2.22. The van der Waals surface area contributed by atoms with Crippen molar-refractivity contribution in [2.75, 3.05) is 18.8 Å². The fourth-order valence-electron chi connectivity index (χ4n) is 1.79. The minimum absolute atomic E-state index is 0.118. The molecule has 1 saturated heterocycles. The Hall–Kier alpha value is -0.220. The van der Waals surface area contributed by atoms with Crippen molar-refractivity contribution in [1.82, 2.24) is 10.6 Å². The third-order valence-electron chi connectivity index (χ3n) is 3.32. The van der Waals surface area contributed by atoms with Gasteiger partial charge in [-0.2, -0.15) is 11.8 Å². The normalized spacial score (nSPS) is 22.5. The molecular weight excluding hydrogens is 232 g/mol. The largest absolute Gasteiger partial charge is 0.352 e. The number of nitrogens with one attached hydrogen (secondary N) is 2. The van der Waals surface area contributed by atoms with Crippen molar-refractivity contribution in [2.45, 2.75) is 51.3 Å². The molecule has 17 heavy (non-hydrogen) atoms. The zero-order valence-electron chi connectivity index (χ0n) is 11.3. The third-order valence-corrected chi connectivity index (χ3v) is 4.72. The zero-order chi connectivity index (χ0) is 12.7. The van der Waals surface area contributed by atoms with Gasteiger partial charge in [-0.05, 0) is 31.4 Å². The van der Waals surface area contributed by atoms with Crippen molar-refractivity contribution in [3.63, 3.8) is 0 Å². The van der Waals surface area contributed by atoms with Gasteiger partial charge >= 0.3 is 0 Å². The second-order valence-corrected chi connectivity index (χ2v) is 6.63. The van der Waals surface area contributed by atoms with Crippen LogP contribution in [0.15, 0.2) is 0 Å². The van der Waals surface area contributed by atoms with E-state index < -0.39 is 0 Å². The van der Waals surface area contributed by atoms with E-state index >= 15 is 0 Å². The van der Waals surface area contributed by atoms with Crippen LogP contribution >= 0.6 is 11.8 Å². The Balaban J connectivity index is 2.07. The van der Waals surface area contributed by atoms with Gasteiger partial charge in [0, 0.05) is 17.8 Å². The molecule has 1 aliphatic rings. The second kappa shape index (κ2) is 7.98. The lowest BCUT2D eigenvalue weighted by Crippen LogP contribution is -2.42. The van der Waals surface area contributed by atoms with Gasteiger partial charge in [0.05, 0.1) is 6.54 Å². The molecule has 0 aliphatic carbocycles. The molecule has 0 bridgehead atoms. The molecule has 0 spiro atoms. The maximum atomic E-state index is 11.6. The average molecular weight is 258 g/mol. The minimum atomic E-state index is 0.118. The van der Waals surface area contributed by atoms with Crippen LogP contribution in [0.25, 0.3) is 0 Å². The lowest BCUT2D eigenvalue weighted by molar-refractivity contribution is -0.121. The number of amides is 1. The van der Waals surface area contributed by atoms with Crippen molar-refractivity contribution >= 4 is 17.7 Å². The molecule has 1 heterocycles. The Kier molecular flexibility index (Phi) is 6.97. The molecule has 1 rings (SSSR count). The molecule has 4 heteroatoms. The summed E-state index contributed by atoms with van der Waals surface area (Å²) < 4.78 is 0. The number of rotatable bonds is 6.